The van der Waals surface area contributed by atoms with E-state index in [9.17, 15) is 4.79 Å². The van der Waals surface area contributed by atoms with E-state index in [1.807, 2.05) is 44.3 Å². The first kappa shape index (κ1) is 17.4. The van der Waals surface area contributed by atoms with Crippen LogP contribution in [0.1, 0.15) is 52.1 Å². The SMILES string of the molecule is Cc1cc(C(=O)Nc2ncc(Cc3ccccc3)s2)c(C)n1C(C)C. The zero-order valence-corrected chi connectivity index (χ0v) is 15.9. The molecule has 130 valence electrons. The number of nitrogens with zero attached hydrogens (tertiary/aromatic N) is 2. The quantitative estimate of drug-likeness (QED) is 0.703. The zero-order valence-electron chi connectivity index (χ0n) is 15.0. The Labute approximate surface area is 152 Å². The van der Waals surface area contributed by atoms with E-state index < -0.39 is 0 Å². The van der Waals surface area contributed by atoms with Crippen LogP contribution in [0.4, 0.5) is 5.13 Å². The van der Waals surface area contributed by atoms with E-state index in [-0.39, 0.29) is 5.91 Å². The fraction of sp³-hybridized carbons (Fsp3) is 0.300. The second kappa shape index (κ2) is 7.23. The largest absolute Gasteiger partial charge is 0.346 e. The molecule has 0 saturated heterocycles. The van der Waals surface area contributed by atoms with Gasteiger partial charge in [0, 0.05) is 34.9 Å². The lowest BCUT2D eigenvalue weighted by Crippen LogP contribution is -2.13. The van der Waals surface area contributed by atoms with Crippen molar-refractivity contribution in [2.24, 2.45) is 0 Å². The number of hydrogen-bond acceptors (Lipinski definition) is 3. The molecule has 4 nitrogen and oxygen atoms in total. The van der Waals surface area contributed by atoms with Crippen LogP contribution in [0.2, 0.25) is 0 Å². The maximum Gasteiger partial charge on any atom is 0.259 e. The Morgan fingerprint density at radius 3 is 2.60 bits per heavy atom. The molecule has 2 heterocycles. The van der Waals surface area contributed by atoms with E-state index in [1.54, 1.807) is 0 Å². The Hall–Kier alpha value is -2.40. The number of anilines is 1. The van der Waals surface area contributed by atoms with Crippen LogP contribution >= 0.6 is 11.3 Å². The summed E-state index contributed by atoms with van der Waals surface area (Å²) in [6.45, 7) is 8.27. The molecule has 2 aromatic heterocycles. The molecule has 0 spiro atoms. The van der Waals surface area contributed by atoms with E-state index in [0.29, 0.717) is 16.7 Å². The van der Waals surface area contributed by atoms with Gasteiger partial charge in [-0.25, -0.2) is 4.98 Å². The zero-order chi connectivity index (χ0) is 18.0. The van der Waals surface area contributed by atoms with Gasteiger partial charge in [0.25, 0.3) is 5.91 Å². The minimum Gasteiger partial charge on any atom is -0.346 e. The molecular formula is C20H23N3OS. The monoisotopic (exact) mass is 353 g/mol. The van der Waals surface area contributed by atoms with E-state index in [4.69, 9.17) is 0 Å². The Morgan fingerprint density at radius 1 is 1.24 bits per heavy atom. The number of thiazole rings is 1. The molecule has 1 N–H and O–H groups in total. The van der Waals surface area contributed by atoms with Crippen molar-refractivity contribution in [3.05, 3.63) is 70.0 Å². The summed E-state index contributed by atoms with van der Waals surface area (Å²) < 4.78 is 2.18. The van der Waals surface area contributed by atoms with E-state index in [1.165, 1.54) is 16.9 Å². The standard InChI is InChI=1S/C20H23N3OS/c1-13(2)23-14(3)10-18(15(23)4)19(24)22-20-21-12-17(25-20)11-16-8-6-5-7-9-16/h5-10,12-13H,11H2,1-4H3,(H,21,22,24). The topological polar surface area (TPSA) is 46.9 Å². The number of benzene rings is 1. The summed E-state index contributed by atoms with van der Waals surface area (Å²) in [5.74, 6) is -0.0967. The number of carbonyl (C=O) groups is 1. The summed E-state index contributed by atoms with van der Waals surface area (Å²) in [5.41, 5.74) is 4.04. The van der Waals surface area contributed by atoms with Gasteiger partial charge in [-0.05, 0) is 39.3 Å². The summed E-state index contributed by atoms with van der Waals surface area (Å²) in [6.07, 6.45) is 2.67. The van der Waals surface area contributed by atoms with Crippen LogP contribution in [0.5, 0.6) is 0 Å². The minimum absolute atomic E-state index is 0.0967. The summed E-state index contributed by atoms with van der Waals surface area (Å²) in [6, 6.07) is 12.5. The summed E-state index contributed by atoms with van der Waals surface area (Å²) in [4.78, 5) is 18.1. The fourth-order valence-electron chi connectivity index (χ4n) is 3.21. The third kappa shape index (κ3) is 3.82. The maximum atomic E-state index is 12.6. The van der Waals surface area contributed by atoms with Crippen LogP contribution in [0.15, 0.2) is 42.6 Å². The highest BCUT2D eigenvalue weighted by atomic mass is 32.1. The summed E-state index contributed by atoms with van der Waals surface area (Å²) in [5, 5.41) is 3.58. The van der Waals surface area contributed by atoms with Gasteiger partial charge in [0.2, 0.25) is 0 Å². The number of hydrogen-bond donors (Lipinski definition) is 1. The second-order valence-corrected chi connectivity index (χ2v) is 7.61. The van der Waals surface area contributed by atoms with E-state index in [2.05, 4.69) is 40.8 Å². The number of aromatic nitrogens is 2. The molecule has 5 heteroatoms. The van der Waals surface area contributed by atoms with Crippen molar-refractivity contribution in [1.82, 2.24) is 9.55 Å². The van der Waals surface area contributed by atoms with Gasteiger partial charge >= 0.3 is 0 Å². The van der Waals surface area contributed by atoms with Crippen LogP contribution < -0.4 is 5.32 Å². The molecule has 0 fully saturated rings. The molecule has 0 unspecified atom stereocenters. The highest BCUT2D eigenvalue weighted by Crippen LogP contribution is 2.24. The van der Waals surface area contributed by atoms with Gasteiger partial charge in [0.05, 0.1) is 5.56 Å². The Balaban J connectivity index is 1.73. The van der Waals surface area contributed by atoms with Gasteiger partial charge in [0.1, 0.15) is 0 Å². The van der Waals surface area contributed by atoms with Crippen LogP contribution in [0.3, 0.4) is 0 Å². The number of aryl methyl sites for hydroxylation is 1. The van der Waals surface area contributed by atoms with Crippen LogP contribution in [0.25, 0.3) is 0 Å². The summed E-state index contributed by atoms with van der Waals surface area (Å²) in [7, 11) is 0. The van der Waals surface area contributed by atoms with Gasteiger partial charge < -0.3 is 4.57 Å². The van der Waals surface area contributed by atoms with Crippen molar-refractivity contribution in [2.45, 2.75) is 40.2 Å². The first-order valence-electron chi connectivity index (χ1n) is 8.44. The first-order chi connectivity index (χ1) is 12.0. The van der Waals surface area contributed by atoms with Gasteiger partial charge in [-0.15, -0.1) is 11.3 Å². The second-order valence-electron chi connectivity index (χ2n) is 6.50. The Bertz CT molecular complexity index is 878. The lowest BCUT2D eigenvalue weighted by molar-refractivity contribution is 0.102. The van der Waals surface area contributed by atoms with Gasteiger partial charge in [-0.3, -0.25) is 10.1 Å². The third-order valence-electron chi connectivity index (χ3n) is 4.24. The molecule has 3 rings (SSSR count). The molecular weight excluding hydrogens is 330 g/mol. The molecule has 1 amide bonds. The van der Waals surface area contributed by atoms with E-state index in [0.717, 1.165) is 22.7 Å². The molecule has 0 aliphatic carbocycles. The molecule has 0 bridgehead atoms. The van der Waals surface area contributed by atoms with Gasteiger partial charge in [0.15, 0.2) is 5.13 Å². The predicted molar refractivity (Wildman–Crippen MR) is 104 cm³/mol. The van der Waals surface area contributed by atoms with Crippen LogP contribution in [-0.2, 0) is 6.42 Å². The van der Waals surface area contributed by atoms with Crippen molar-refractivity contribution in [3.63, 3.8) is 0 Å². The van der Waals surface area contributed by atoms with Gasteiger partial charge in [-0.1, -0.05) is 30.3 Å². The Morgan fingerprint density at radius 2 is 1.96 bits per heavy atom. The molecule has 0 aliphatic heterocycles. The average Bonchev–Trinajstić information content (AvgIpc) is 3.12. The lowest BCUT2D eigenvalue weighted by Gasteiger charge is -2.13. The molecule has 25 heavy (non-hydrogen) atoms. The van der Waals surface area contributed by atoms with Crippen molar-refractivity contribution < 1.29 is 4.79 Å². The van der Waals surface area contributed by atoms with Crippen molar-refractivity contribution >= 4 is 22.4 Å². The van der Waals surface area contributed by atoms with Crippen LogP contribution in [-0.4, -0.2) is 15.5 Å². The number of amides is 1. The smallest absolute Gasteiger partial charge is 0.259 e. The van der Waals surface area contributed by atoms with Crippen LogP contribution in [0, 0.1) is 13.8 Å². The molecule has 1 aromatic carbocycles. The van der Waals surface area contributed by atoms with Gasteiger partial charge in [-0.2, -0.15) is 0 Å². The van der Waals surface area contributed by atoms with Crippen molar-refractivity contribution in [3.8, 4) is 0 Å². The molecule has 0 radical (unpaired) electrons. The number of carbonyl (C=O) groups excluding carboxylic acids is 1. The van der Waals surface area contributed by atoms with Crippen molar-refractivity contribution in [1.29, 1.82) is 0 Å². The number of rotatable bonds is 5. The Kier molecular flexibility index (Phi) is 5.04. The third-order valence-corrected chi connectivity index (χ3v) is 5.15. The van der Waals surface area contributed by atoms with E-state index >= 15 is 0 Å². The maximum absolute atomic E-state index is 12.6. The highest BCUT2D eigenvalue weighted by Gasteiger charge is 2.18. The summed E-state index contributed by atoms with van der Waals surface area (Å²) >= 11 is 1.52. The highest BCUT2D eigenvalue weighted by molar-refractivity contribution is 7.15. The molecule has 3 aromatic rings. The normalized spacial score (nSPS) is 11.1. The average molecular weight is 353 g/mol. The number of nitrogens with one attached hydrogen (secondary N) is 1. The fourth-order valence-corrected chi connectivity index (χ4v) is 4.05. The molecule has 0 atom stereocenters. The molecule has 0 saturated carbocycles. The lowest BCUT2D eigenvalue weighted by atomic mass is 10.1. The van der Waals surface area contributed by atoms with Crippen molar-refractivity contribution in [2.75, 3.05) is 5.32 Å². The molecule has 0 aliphatic rings. The first-order valence-corrected chi connectivity index (χ1v) is 9.25. The predicted octanol–water partition coefficient (Wildman–Crippen LogP) is 4.99. The minimum atomic E-state index is -0.0967.